The lowest BCUT2D eigenvalue weighted by Crippen LogP contribution is -2.32. The zero-order valence-corrected chi connectivity index (χ0v) is 19.2. The number of nitrogens with one attached hydrogen (secondary N) is 1. The van der Waals surface area contributed by atoms with E-state index in [9.17, 15) is 9.59 Å². The molecule has 0 radical (unpaired) electrons. The van der Waals surface area contributed by atoms with Crippen molar-refractivity contribution in [2.24, 2.45) is 0 Å². The van der Waals surface area contributed by atoms with Crippen molar-refractivity contribution in [3.63, 3.8) is 0 Å². The molecular formula is C23H21BrN4O4. The first-order valence-electron chi connectivity index (χ1n) is 10.1. The number of rotatable bonds is 7. The molecule has 2 aromatic heterocycles. The molecule has 0 spiro atoms. The summed E-state index contributed by atoms with van der Waals surface area (Å²) in [6, 6.07) is 15.3. The van der Waals surface area contributed by atoms with Gasteiger partial charge in [0.15, 0.2) is 17.1 Å². The molecule has 0 aliphatic carbocycles. The molecule has 9 heteroatoms. The molecule has 0 unspecified atom stereocenters. The van der Waals surface area contributed by atoms with Gasteiger partial charge < -0.3 is 14.8 Å². The molecule has 8 nitrogen and oxygen atoms in total. The Balaban J connectivity index is 1.85. The molecule has 164 valence electrons. The Morgan fingerprint density at radius 2 is 1.91 bits per heavy atom. The summed E-state index contributed by atoms with van der Waals surface area (Å²) in [5.74, 6) is -0.176. The number of amides is 1. The van der Waals surface area contributed by atoms with E-state index in [0.29, 0.717) is 22.6 Å². The average molecular weight is 497 g/mol. The minimum Gasteiger partial charge on any atom is -0.486 e. The number of halogens is 1. The number of pyridine rings is 1. The summed E-state index contributed by atoms with van der Waals surface area (Å²) in [6.45, 7) is 3.68. The first kappa shape index (κ1) is 21.8. The topological polar surface area (TPSA) is 94.8 Å². The van der Waals surface area contributed by atoms with Gasteiger partial charge in [-0.1, -0.05) is 46.3 Å². The van der Waals surface area contributed by atoms with Crippen molar-refractivity contribution in [3.05, 3.63) is 70.1 Å². The zero-order valence-electron chi connectivity index (χ0n) is 17.6. The van der Waals surface area contributed by atoms with Gasteiger partial charge in [0.25, 0.3) is 5.91 Å². The summed E-state index contributed by atoms with van der Waals surface area (Å²) >= 11 is 3.50. The number of nitrogens with zero attached hydrogens (tertiary/aromatic N) is 3. The van der Waals surface area contributed by atoms with Crippen LogP contribution < -0.4 is 10.1 Å². The number of aromatic nitrogens is 3. The van der Waals surface area contributed by atoms with Crippen molar-refractivity contribution < 1.29 is 19.1 Å². The number of esters is 1. The van der Waals surface area contributed by atoms with Crippen LogP contribution >= 0.6 is 15.9 Å². The molecule has 4 aromatic rings. The van der Waals surface area contributed by atoms with E-state index >= 15 is 0 Å². The van der Waals surface area contributed by atoms with Gasteiger partial charge in [-0.3, -0.25) is 9.59 Å². The van der Waals surface area contributed by atoms with Gasteiger partial charge in [-0.15, -0.1) is 0 Å². The van der Waals surface area contributed by atoms with Crippen LogP contribution in [-0.4, -0.2) is 39.6 Å². The van der Waals surface area contributed by atoms with Crippen LogP contribution in [0.2, 0.25) is 0 Å². The summed E-state index contributed by atoms with van der Waals surface area (Å²) in [7, 11) is 0. The standard InChI is InChI=1S/C23H21BrN4O4/c1-3-31-19(29)12-25-23(30)20-21(32-13-15-7-5-4-6-8-15)17-10-9-16(24)11-18(17)22-26-14(2)27-28(20)22/h4-11H,3,12-13H2,1-2H3,(H,25,30). The van der Waals surface area contributed by atoms with E-state index in [1.807, 2.05) is 48.5 Å². The summed E-state index contributed by atoms with van der Waals surface area (Å²) in [4.78, 5) is 29.5. The summed E-state index contributed by atoms with van der Waals surface area (Å²) in [5.41, 5.74) is 1.63. The van der Waals surface area contributed by atoms with E-state index in [-0.39, 0.29) is 25.5 Å². The number of hydrogen-bond acceptors (Lipinski definition) is 6. The first-order chi connectivity index (χ1) is 15.5. The number of ether oxygens (including phenoxy) is 2. The predicted molar refractivity (Wildman–Crippen MR) is 123 cm³/mol. The number of aryl methyl sites for hydroxylation is 1. The van der Waals surface area contributed by atoms with E-state index < -0.39 is 11.9 Å². The third kappa shape index (κ3) is 4.43. The van der Waals surface area contributed by atoms with Gasteiger partial charge >= 0.3 is 5.97 Å². The van der Waals surface area contributed by atoms with E-state index in [1.165, 1.54) is 4.52 Å². The van der Waals surface area contributed by atoms with Gasteiger partial charge in [-0.25, -0.2) is 9.50 Å². The molecule has 0 aliphatic heterocycles. The van der Waals surface area contributed by atoms with E-state index in [0.717, 1.165) is 15.4 Å². The molecular weight excluding hydrogens is 476 g/mol. The number of fused-ring (bicyclic) bond motifs is 3. The maximum atomic E-state index is 13.2. The van der Waals surface area contributed by atoms with Crippen molar-refractivity contribution in [2.75, 3.05) is 13.2 Å². The summed E-state index contributed by atoms with van der Waals surface area (Å²) < 4.78 is 13.4. The maximum Gasteiger partial charge on any atom is 0.325 e. The fraction of sp³-hybridized carbons (Fsp3) is 0.217. The Morgan fingerprint density at radius 3 is 2.66 bits per heavy atom. The highest BCUT2D eigenvalue weighted by Gasteiger charge is 2.24. The van der Waals surface area contributed by atoms with Crippen LogP contribution in [0.15, 0.2) is 53.0 Å². The van der Waals surface area contributed by atoms with Crippen molar-refractivity contribution in [2.45, 2.75) is 20.5 Å². The lowest BCUT2D eigenvalue weighted by molar-refractivity contribution is -0.141. The van der Waals surface area contributed by atoms with Gasteiger partial charge in [0.1, 0.15) is 19.0 Å². The second-order valence-electron chi connectivity index (χ2n) is 7.02. The summed E-state index contributed by atoms with van der Waals surface area (Å²) in [5, 5.41) is 8.53. The van der Waals surface area contributed by atoms with Gasteiger partial charge in [0.2, 0.25) is 0 Å². The first-order valence-corrected chi connectivity index (χ1v) is 10.9. The van der Waals surface area contributed by atoms with Crippen molar-refractivity contribution >= 4 is 44.2 Å². The minimum atomic E-state index is -0.525. The van der Waals surface area contributed by atoms with Crippen molar-refractivity contribution in [1.29, 1.82) is 0 Å². The van der Waals surface area contributed by atoms with Crippen LogP contribution in [-0.2, 0) is 16.1 Å². The molecule has 0 fully saturated rings. The maximum absolute atomic E-state index is 13.2. The Labute approximate surface area is 192 Å². The number of carbonyl (C=O) groups excluding carboxylic acids is 2. The second-order valence-corrected chi connectivity index (χ2v) is 7.94. The fourth-order valence-corrected chi connectivity index (χ4v) is 3.75. The van der Waals surface area contributed by atoms with E-state index in [2.05, 4.69) is 31.3 Å². The third-order valence-corrected chi connectivity index (χ3v) is 5.24. The highest BCUT2D eigenvalue weighted by molar-refractivity contribution is 9.10. The lowest BCUT2D eigenvalue weighted by atomic mass is 10.1. The highest BCUT2D eigenvalue weighted by atomic mass is 79.9. The molecule has 1 N–H and O–H groups in total. The molecule has 0 saturated carbocycles. The smallest absolute Gasteiger partial charge is 0.325 e. The molecule has 1 amide bonds. The minimum absolute atomic E-state index is 0.163. The van der Waals surface area contributed by atoms with Crippen molar-refractivity contribution in [1.82, 2.24) is 19.9 Å². The lowest BCUT2D eigenvalue weighted by Gasteiger charge is -2.16. The SMILES string of the molecule is CCOC(=O)CNC(=O)c1c(OCc2ccccc2)c2ccc(Br)cc2c2nc(C)nn12. The van der Waals surface area contributed by atoms with Crippen LogP contribution in [0.4, 0.5) is 0 Å². The molecule has 2 aromatic carbocycles. The fourth-order valence-electron chi connectivity index (χ4n) is 3.39. The van der Waals surface area contributed by atoms with Gasteiger partial charge in [-0.2, -0.15) is 5.10 Å². The average Bonchev–Trinajstić information content (AvgIpc) is 3.17. The quantitative estimate of drug-likeness (QED) is 0.390. The monoisotopic (exact) mass is 496 g/mol. The molecule has 4 rings (SSSR count). The number of benzene rings is 2. The molecule has 32 heavy (non-hydrogen) atoms. The van der Waals surface area contributed by atoms with Crippen LogP contribution in [0.1, 0.15) is 28.8 Å². The third-order valence-electron chi connectivity index (χ3n) is 4.75. The van der Waals surface area contributed by atoms with Gasteiger partial charge in [-0.05, 0) is 37.6 Å². The van der Waals surface area contributed by atoms with Crippen LogP contribution in [0, 0.1) is 6.92 Å². The Bertz CT molecular complexity index is 1300. The zero-order chi connectivity index (χ0) is 22.7. The van der Waals surface area contributed by atoms with Crippen molar-refractivity contribution in [3.8, 4) is 5.75 Å². The van der Waals surface area contributed by atoms with E-state index in [4.69, 9.17) is 9.47 Å². The number of hydrogen-bond donors (Lipinski definition) is 1. The molecule has 2 heterocycles. The molecule has 0 aliphatic rings. The van der Waals surface area contributed by atoms with Crippen LogP contribution in [0.5, 0.6) is 5.75 Å². The van der Waals surface area contributed by atoms with E-state index in [1.54, 1.807) is 13.8 Å². The van der Waals surface area contributed by atoms with Gasteiger partial charge in [0.05, 0.1) is 6.61 Å². The Hall–Kier alpha value is -3.46. The number of carbonyl (C=O) groups is 2. The molecule has 0 saturated heterocycles. The van der Waals surface area contributed by atoms with Gasteiger partial charge in [0, 0.05) is 15.2 Å². The van der Waals surface area contributed by atoms with Crippen LogP contribution in [0.3, 0.4) is 0 Å². The normalized spacial score (nSPS) is 11.0. The predicted octanol–water partition coefficient (Wildman–Crippen LogP) is 3.83. The Kier molecular flexibility index (Phi) is 6.36. The summed E-state index contributed by atoms with van der Waals surface area (Å²) in [6.07, 6.45) is 0. The highest BCUT2D eigenvalue weighted by Crippen LogP contribution is 2.35. The molecule has 0 atom stereocenters. The Morgan fingerprint density at radius 1 is 1.12 bits per heavy atom. The van der Waals surface area contributed by atoms with Crippen LogP contribution in [0.25, 0.3) is 16.4 Å². The molecule has 0 bridgehead atoms. The largest absolute Gasteiger partial charge is 0.486 e. The second kappa shape index (κ2) is 9.35.